The second-order valence-electron chi connectivity index (χ2n) is 17.4. The summed E-state index contributed by atoms with van der Waals surface area (Å²) in [5.74, 6) is -0.350. The predicted octanol–water partition coefficient (Wildman–Crippen LogP) is 9.29. The summed E-state index contributed by atoms with van der Waals surface area (Å²) < 4.78 is 36.9. The van der Waals surface area contributed by atoms with Crippen LogP contribution in [0.15, 0.2) is 148 Å². The van der Waals surface area contributed by atoms with Gasteiger partial charge in [-0.3, -0.25) is 0 Å². The molecule has 0 bridgehead atoms. The average molecular weight is 858 g/mol. The van der Waals surface area contributed by atoms with Crippen LogP contribution >= 0.6 is 11.8 Å². The van der Waals surface area contributed by atoms with E-state index in [0.29, 0.717) is 19.4 Å². The maximum atomic E-state index is 11.5. The number of hydrogen-bond donors (Lipinski definition) is 1. The largest absolute Gasteiger partial charge is 1.00 e. The zero-order chi connectivity index (χ0) is 42.2. The minimum Gasteiger partial charge on any atom is -0.748 e. The minimum absolute atomic E-state index is 0. The van der Waals surface area contributed by atoms with Crippen molar-refractivity contribution >= 4 is 66.2 Å². The number of benzene rings is 5. The molecule has 310 valence electrons. The standard InChI is InChI=1S/C52H57N3O3S2.Na/c1-6-7-33-54-44-29-21-36-15-8-10-19-42(36)48(44)51(2,3)46(54)31-23-38-17-14-18-39(50(38)59-41-27-25-40(53)26-28-41)24-32-47-52(4,5)49-43-20-11-9-16-37(43)22-30-45(49)55(47)34-12-13-35-60(56,57)58;/h8-11,15-16,19-32H,1,6-7,12-14,17-18,33-35,53H2,2-5H3,(H,56,57,58);/q;+1/p-1. The Kier molecular flexibility index (Phi) is 13.7. The van der Waals surface area contributed by atoms with Gasteiger partial charge in [-0.25, -0.2) is 8.42 Å². The zero-order valence-electron chi connectivity index (χ0n) is 36.3. The van der Waals surface area contributed by atoms with Gasteiger partial charge in [-0.2, -0.15) is 11.0 Å². The molecule has 5 aromatic rings. The quantitative estimate of drug-likeness (QED) is 0.0317. The Labute approximate surface area is 389 Å². The molecule has 0 saturated carbocycles. The number of allylic oxidation sites excluding steroid dienone is 7. The van der Waals surface area contributed by atoms with Gasteiger partial charge < -0.3 is 22.1 Å². The van der Waals surface area contributed by atoms with Gasteiger partial charge in [-0.05, 0) is 120 Å². The molecular weight excluding hydrogens is 802 g/mol. The fourth-order valence-corrected chi connectivity index (χ4v) is 11.4. The van der Waals surface area contributed by atoms with Gasteiger partial charge in [0.25, 0.3) is 0 Å². The maximum absolute atomic E-state index is 11.5. The van der Waals surface area contributed by atoms with Gasteiger partial charge in [-0.15, -0.1) is 0 Å². The number of fused-ring (bicyclic) bond motifs is 6. The Morgan fingerprint density at radius 2 is 1.48 bits per heavy atom. The molecule has 3 aliphatic rings. The molecule has 2 heterocycles. The molecule has 0 aromatic heterocycles. The van der Waals surface area contributed by atoms with Crippen LogP contribution in [0.4, 0.5) is 17.1 Å². The Bertz CT molecular complexity index is 2740. The van der Waals surface area contributed by atoms with Crippen LogP contribution in [0, 0.1) is 6.92 Å². The topological polar surface area (TPSA) is 89.5 Å². The molecule has 0 spiro atoms. The molecule has 6 nitrogen and oxygen atoms in total. The normalized spacial score (nSPS) is 18.5. The number of thioether (sulfide) groups is 1. The first-order valence-corrected chi connectivity index (χ1v) is 23.7. The molecular formula is C52H56N3NaO3S2. The predicted molar refractivity (Wildman–Crippen MR) is 252 cm³/mol. The summed E-state index contributed by atoms with van der Waals surface area (Å²) in [5.41, 5.74) is 16.6. The van der Waals surface area contributed by atoms with Crippen molar-refractivity contribution < 1.29 is 47.1 Å². The van der Waals surface area contributed by atoms with E-state index in [9.17, 15) is 13.0 Å². The van der Waals surface area contributed by atoms with Gasteiger partial charge in [0.15, 0.2) is 5.71 Å². The van der Waals surface area contributed by atoms with Crippen LogP contribution in [0.25, 0.3) is 21.5 Å². The van der Waals surface area contributed by atoms with Crippen LogP contribution in [0.5, 0.6) is 0 Å². The summed E-state index contributed by atoms with van der Waals surface area (Å²) in [7, 11) is -4.28. The molecule has 2 N–H and O–H groups in total. The van der Waals surface area contributed by atoms with Crippen molar-refractivity contribution in [2.75, 3.05) is 29.5 Å². The van der Waals surface area contributed by atoms with Gasteiger partial charge in [-0.1, -0.05) is 98.8 Å². The van der Waals surface area contributed by atoms with Crippen molar-refractivity contribution in [1.82, 2.24) is 0 Å². The molecule has 0 unspecified atom stereocenters. The zero-order valence-corrected chi connectivity index (χ0v) is 40.0. The summed E-state index contributed by atoms with van der Waals surface area (Å²) in [6.07, 6.45) is 15.2. The number of nitrogens with zero attached hydrogens (tertiary/aromatic N) is 2. The Hall–Kier alpha value is -3.89. The number of hydrogen-bond acceptors (Lipinski definition) is 6. The smallest absolute Gasteiger partial charge is 0.748 e. The van der Waals surface area contributed by atoms with E-state index in [1.54, 1.807) is 0 Å². The number of nitrogens with two attached hydrogens (primary N) is 1. The van der Waals surface area contributed by atoms with Gasteiger partial charge in [0, 0.05) is 68.7 Å². The summed E-state index contributed by atoms with van der Waals surface area (Å²) in [4.78, 5) is 4.95. The van der Waals surface area contributed by atoms with Crippen LogP contribution in [0.2, 0.25) is 0 Å². The number of unbranched alkanes of at least 4 members (excludes halogenated alkanes) is 2. The average Bonchev–Trinajstić information content (AvgIpc) is 3.58. The summed E-state index contributed by atoms with van der Waals surface area (Å²) in [6, 6.07) is 34.4. The Balaban J connectivity index is 0.00000561. The molecule has 0 fully saturated rings. The minimum atomic E-state index is -4.28. The van der Waals surface area contributed by atoms with E-state index in [-0.39, 0.29) is 46.1 Å². The molecule has 1 aliphatic carbocycles. The number of anilines is 2. The maximum Gasteiger partial charge on any atom is 1.00 e. The fourth-order valence-electron chi connectivity index (χ4n) is 9.74. The molecule has 8 rings (SSSR count). The van der Waals surface area contributed by atoms with Crippen LogP contribution in [0.3, 0.4) is 0 Å². The first-order valence-electron chi connectivity index (χ1n) is 21.3. The van der Waals surface area contributed by atoms with Crippen molar-refractivity contribution in [1.29, 1.82) is 0 Å². The monoisotopic (exact) mass is 857 g/mol. The van der Waals surface area contributed by atoms with E-state index >= 15 is 0 Å². The van der Waals surface area contributed by atoms with E-state index in [1.165, 1.54) is 65.8 Å². The third kappa shape index (κ3) is 9.13. The van der Waals surface area contributed by atoms with E-state index in [0.717, 1.165) is 54.9 Å². The molecule has 5 aromatic carbocycles. The summed E-state index contributed by atoms with van der Waals surface area (Å²) >= 11 is 1.81. The van der Waals surface area contributed by atoms with Gasteiger partial charge in [0.05, 0.1) is 15.5 Å². The van der Waals surface area contributed by atoms with E-state index in [1.807, 2.05) is 23.9 Å². The van der Waals surface area contributed by atoms with E-state index in [4.69, 9.17) is 5.73 Å². The van der Waals surface area contributed by atoms with Crippen molar-refractivity contribution in [3.8, 4) is 0 Å². The first kappa shape index (κ1) is 45.1. The van der Waals surface area contributed by atoms with Crippen molar-refractivity contribution in [2.24, 2.45) is 0 Å². The summed E-state index contributed by atoms with van der Waals surface area (Å²) in [5, 5.41) is 5.00. The molecule has 0 amide bonds. The fraction of sp³-hybridized carbons (Fsp3) is 0.308. The Morgan fingerprint density at radius 1 is 0.803 bits per heavy atom. The van der Waals surface area contributed by atoms with Crippen LogP contribution in [-0.2, 0) is 20.9 Å². The van der Waals surface area contributed by atoms with E-state index in [2.05, 4.69) is 153 Å². The molecule has 9 heteroatoms. The van der Waals surface area contributed by atoms with E-state index < -0.39 is 10.1 Å². The SMILES string of the molecule is [CH2-]CCCN1/C(=C/C=C2\CCCC(/C=C/C3=[N+](CCCCS(=O)(=O)[O-])c4ccc5ccccc5c4C3(C)C)=C2Sc2ccc(N)cc2)C(C)(C)c2c1ccc1ccccc21.[Na+]. The first-order chi connectivity index (χ1) is 28.8. The van der Waals surface area contributed by atoms with Crippen molar-refractivity contribution in [3.05, 3.63) is 161 Å². The van der Waals surface area contributed by atoms with Crippen LogP contribution < -0.4 is 40.2 Å². The molecule has 61 heavy (non-hydrogen) atoms. The van der Waals surface area contributed by atoms with Crippen molar-refractivity contribution in [2.45, 2.75) is 88.4 Å². The number of rotatable bonds is 13. The second kappa shape index (κ2) is 18.4. The summed E-state index contributed by atoms with van der Waals surface area (Å²) in [6.45, 7) is 15.1. The molecule has 2 aliphatic heterocycles. The van der Waals surface area contributed by atoms with Gasteiger partial charge >= 0.3 is 29.6 Å². The molecule has 0 saturated heterocycles. The Morgan fingerprint density at radius 3 is 2.16 bits per heavy atom. The van der Waals surface area contributed by atoms with Crippen LogP contribution in [0.1, 0.15) is 83.8 Å². The van der Waals surface area contributed by atoms with Gasteiger partial charge in [0.1, 0.15) is 6.54 Å². The van der Waals surface area contributed by atoms with Crippen molar-refractivity contribution in [3.63, 3.8) is 0 Å². The molecule has 0 radical (unpaired) electrons. The second-order valence-corrected chi connectivity index (χ2v) is 20.0. The van der Waals surface area contributed by atoms with Gasteiger partial charge in [0.2, 0.25) is 5.69 Å². The third-order valence-corrected chi connectivity index (χ3v) is 14.7. The third-order valence-electron chi connectivity index (χ3n) is 12.6. The van der Waals surface area contributed by atoms with Crippen LogP contribution in [-0.4, -0.2) is 42.1 Å². The number of nitrogen functional groups attached to an aromatic ring is 1. The molecule has 0 atom stereocenters.